The van der Waals surface area contributed by atoms with Crippen molar-refractivity contribution in [1.82, 2.24) is 29.5 Å². The van der Waals surface area contributed by atoms with Crippen molar-refractivity contribution >= 4 is 39.6 Å². The van der Waals surface area contributed by atoms with Crippen LogP contribution in [-0.2, 0) is 6.42 Å². The molecule has 30 heavy (non-hydrogen) atoms. The van der Waals surface area contributed by atoms with Crippen LogP contribution >= 0.6 is 11.6 Å². The van der Waals surface area contributed by atoms with Crippen molar-refractivity contribution in [2.45, 2.75) is 6.42 Å². The summed E-state index contributed by atoms with van der Waals surface area (Å²) < 4.78 is 15.8. The van der Waals surface area contributed by atoms with Gasteiger partial charge in [0.1, 0.15) is 22.5 Å². The highest BCUT2D eigenvalue weighted by Gasteiger charge is 2.19. The van der Waals surface area contributed by atoms with Gasteiger partial charge in [0.05, 0.1) is 34.7 Å². The van der Waals surface area contributed by atoms with Crippen molar-refractivity contribution in [3.8, 4) is 5.69 Å². The SMILES string of the molecule is Nc1nc(Cc2nc3cccc(F)c3c(=O)n2-c2ccccc2Cl)c2[nH]cnc2n1. The maximum atomic E-state index is 14.5. The summed E-state index contributed by atoms with van der Waals surface area (Å²) in [4.78, 5) is 33.3. The number of benzene rings is 2. The lowest BCUT2D eigenvalue weighted by atomic mass is 10.2. The van der Waals surface area contributed by atoms with Crippen LogP contribution in [0.25, 0.3) is 27.8 Å². The van der Waals surface area contributed by atoms with E-state index in [0.29, 0.717) is 33.4 Å². The minimum absolute atomic E-state index is 0.0445. The summed E-state index contributed by atoms with van der Waals surface area (Å²) in [7, 11) is 0. The van der Waals surface area contributed by atoms with Crippen molar-refractivity contribution in [3.63, 3.8) is 0 Å². The molecular weight excluding hydrogens is 409 g/mol. The van der Waals surface area contributed by atoms with Crippen LogP contribution in [0, 0.1) is 5.82 Å². The van der Waals surface area contributed by atoms with E-state index in [1.54, 1.807) is 30.3 Å². The monoisotopic (exact) mass is 421 g/mol. The molecule has 0 saturated carbocycles. The molecule has 0 aliphatic carbocycles. The number of nitrogens with zero attached hydrogens (tertiary/aromatic N) is 5. The number of aromatic amines is 1. The second-order valence-electron chi connectivity index (χ2n) is 6.56. The molecule has 0 unspecified atom stereocenters. The van der Waals surface area contributed by atoms with Crippen LogP contribution in [0.15, 0.2) is 53.6 Å². The van der Waals surface area contributed by atoms with Crippen LogP contribution in [0.1, 0.15) is 11.5 Å². The molecule has 0 atom stereocenters. The lowest BCUT2D eigenvalue weighted by Gasteiger charge is -2.15. The fourth-order valence-corrected chi connectivity index (χ4v) is 3.65. The highest BCUT2D eigenvalue weighted by molar-refractivity contribution is 6.32. The van der Waals surface area contributed by atoms with E-state index in [1.807, 2.05) is 0 Å². The van der Waals surface area contributed by atoms with Crippen LogP contribution < -0.4 is 11.3 Å². The Kier molecular flexibility index (Phi) is 4.18. The maximum absolute atomic E-state index is 14.5. The molecule has 3 heterocycles. The van der Waals surface area contributed by atoms with E-state index in [0.717, 1.165) is 0 Å². The van der Waals surface area contributed by atoms with Crippen LogP contribution in [0.5, 0.6) is 0 Å². The largest absolute Gasteiger partial charge is 0.368 e. The first-order valence-electron chi connectivity index (χ1n) is 8.93. The number of rotatable bonds is 3. The standard InChI is InChI=1S/C20H13ClFN7O/c21-10-4-1-2-7-14(10)29-15(26-12-6-3-5-11(22)16(12)19(29)30)8-13-17-18(25-9-24-17)28-20(23)27-13/h1-7,9H,8H2,(H3,23,24,25,27,28). The summed E-state index contributed by atoms with van der Waals surface area (Å²) in [6.07, 6.45) is 1.59. The van der Waals surface area contributed by atoms with Gasteiger partial charge < -0.3 is 10.7 Å². The number of hydrogen-bond acceptors (Lipinski definition) is 6. The van der Waals surface area contributed by atoms with Crippen molar-refractivity contribution in [2.75, 3.05) is 5.73 Å². The van der Waals surface area contributed by atoms with E-state index < -0.39 is 11.4 Å². The highest BCUT2D eigenvalue weighted by Crippen LogP contribution is 2.24. The number of imidazole rings is 1. The minimum Gasteiger partial charge on any atom is -0.368 e. The van der Waals surface area contributed by atoms with Gasteiger partial charge in [0.25, 0.3) is 5.56 Å². The normalized spacial score (nSPS) is 11.4. The van der Waals surface area contributed by atoms with E-state index >= 15 is 0 Å². The summed E-state index contributed by atoms with van der Waals surface area (Å²) in [6.45, 7) is 0. The average Bonchev–Trinajstić information content (AvgIpc) is 3.18. The Balaban J connectivity index is 1.83. The molecule has 8 nitrogen and oxygen atoms in total. The van der Waals surface area contributed by atoms with Gasteiger partial charge in [0.2, 0.25) is 5.95 Å². The molecule has 0 spiro atoms. The molecule has 0 bridgehead atoms. The van der Waals surface area contributed by atoms with Crippen LogP contribution in [-0.4, -0.2) is 29.5 Å². The third-order valence-electron chi connectivity index (χ3n) is 4.71. The molecule has 148 valence electrons. The quantitative estimate of drug-likeness (QED) is 0.462. The zero-order chi connectivity index (χ0) is 20.8. The summed E-state index contributed by atoms with van der Waals surface area (Å²) in [5.74, 6) is -0.289. The first-order valence-corrected chi connectivity index (χ1v) is 9.31. The van der Waals surface area contributed by atoms with Crippen molar-refractivity contribution in [1.29, 1.82) is 0 Å². The second kappa shape index (κ2) is 6.89. The predicted octanol–water partition coefficient (Wildman–Crippen LogP) is 3.02. The number of nitrogen functional groups attached to an aromatic ring is 1. The van der Waals surface area contributed by atoms with Crippen molar-refractivity contribution in [2.24, 2.45) is 0 Å². The van der Waals surface area contributed by atoms with Gasteiger partial charge in [-0.3, -0.25) is 9.36 Å². The number of aromatic nitrogens is 6. The lowest BCUT2D eigenvalue weighted by Crippen LogP contribution is -2.25. The molecule has 0 aliphatic rings. The number of H-pyrrole nitrogens is 1. The van der Waals surface area contributed by atoms with E-state index in [4.69, 9.17) is 17.3 Å². The first kappa shape index (κ1) is 18.2. The van der Waals surface area contributed by atoms with Gasteiger partial charge in [-0.2, -0.15) is 4.98 Å². The molecule has 3 N–H and O–H groups in total. The Labute approximate surface area is 173 Å². The molecule has 5 aromatic rings. The number of hydrogen-bond donors (Lipinski definition) is 2. The lowest BCUT2D eigenvalue weighted by molar-refractivity contribution is 0.636. The van der Waals surface area contributed by atoms with Gasteiger partial charge in [0.15, 0.2) is 5.65 Å². The molecule has 3 aromatic heterocycles. The van der Waals surface area contributed by atoms with Crippen molar-refractivity contribution in [3.05, 3.63) is 81.5 Å². The third kappa shape index (κ3) is 2.87. The predicted molar refractivity (Wildman–Crippen MR) is 111 cm³/mol. The van der Waals surface area contributed by atoms with Gasteiger partial charge in [-0.1, -0.05) is 29.8 Å². The fourth-order valence-electron chi connectivity index (χ4n) is 3.43. The summed E-state index contributed by atoms with van der Waals surface area (Å²) >= 11 is 6.36. The zero-order valence-electron chi connectivity index (χ0n) is 15.3. The van der Waals surface area contributed by atoms with E-state index in [9.17, 15) is 9.18 Å². The van der Waals surface area contributed by atoms with Crippen LogP contribution in [0.3, 0.4) is 0 Å². The van der Waals surface area contributed by atoms with Gasteiger partial charge in [0, 0.05) is 0 Å². The minimum atomic E-state index is -0.653. The molecule has 10 heteroatoms. The second-order valence-corrected chi connectivity index (χ2v) is 6.97. The number of nitrogens with one attached hydrogen (secondary N) is 1. The fraction of sp³-hybridized carbons (Fsp3) is 0.0500. The Morgan fingerprint density at radius 2 is 1.93 bits per heavy atom. The summed E-state index contributed by atoms with van der Waals surface area (Å²) in [6, 6.07) is 11.1. The Bertz CT molecular complexity index is 1490. The molecule has 0 amide bonds. The van der Waals surface area contributed by atoms with E-state index in [-0.39, 0.29) is 23.3 Å². The molecule has 5 rings (SSSR count). The molecule has 0 fully saturated rings. The van der Waals surface area contributed by atoms with Gasteiger partial charge in [-0.05, 0) is 24.3 Å². The number of anilines is 1. The Morgan fingerprint density at radius 1 is 1.10 bits per heavy atom. The first-order chi connectivity index (χ1) is 14.5. The number of nitrogens with two attached hydrogens (primary N) is 1. The maximum Gasteiger partial charge on any atom is 0.269 e. The molecule has 0 radical (unpaired) electrons. The van der Waals surface area contributed by atoms with Crippen molar-refractivity contribution < 1.29 is 4.39 Å². The Hall–Kier alpha value is -3.85. The summed E-state index contributed by atoms with van der Waals surface area (Å²) in [5.41, 5.74) is 7.35. The summed E-state index contributed by atoms with van der Waals surface area (Å²) in [5, 5.41) is 0.210. The van der Waals surface area contributed by atoms with E-state index in [1.165, 1.54) is 23.0 Å². The molecule has 0 saturated heterocycles. The Morgan fingerprint density at radius 3 is 2.77 bits per heavy atom. The van der Waals surface area contributed by atoms with Gasteiger partial charge in [-0.25, -0.2) is 19.3 Å². The number of fused-ring (bicyclic) bond motifs is 2. The average molecular weight is 422 g/mol. The zero-order valence-corrected chi connectivity index (χ0v) is 16.1. The highest BCUT2D eigenvalue weighted by atomic mass is 35.5. The smallest absolute Gasteiger partial charge is 0.269 e. The third-order valence-corrected chi connectivity index (χ3v) is 5.03. The molecule has 2 aromatic carbocycles. The molecule has 0 aliphatic heterocycles. The van der Waals surface area contributed by atoms with Crippen LogP contribution in [0.2, 0.25) is 5.02 Å². The van der Waals surface area contributed by atoms with Gasteiger partial charge >= 0.3 is 0 Å². The number of para-hydroxylation sites is 1. The van der Waals surface area contributed by atoms with Gasteiger partial charge in [-0.15, -0.1) is 0 Å². The van der Waals surface area contributed by atoms with Crippen LogP contribution in [0.4, 0.5) is 10.3 Å². The van der Waals surface area contributed by atoms with E-state index in [2.05, 4.69) is 24.9 Å². The number of halogens is 2. The molecular formula is C20H13ClFN7O. The topological polar surface area (TPSA) is 115 Å².